The van der Waals surface area contributed by atoms with Gasteiger partial charge in [0.25, 0.3) is 0 Å². The molecule has 2 aromatic carbocycles. The molecule has 3 aromatic rings. The monoisotopic (exact) mass is 293 g/mol. The SMILES string of the molecule is Cc1cc2c(cc1F)nc(N)n2-c1ccc(Cl)cc1F. The van der Waals surface area contributed by atoms with Crippen LogP contribution in [0.1, 0.15) is 5.56 Å². The largest absolute Gasteiger partial charge is 0.369 e. The van der Waals surface area contributed by atoms with Crippen LogP contribution >= 0.6 is 11.6 Å². The van der Waals surface area contributed by atoms with E-state index in [2.05, 4.69) is 4.98 Å². The van der Waals surface area contributed by atoms with Crippen molar-refractivity contribution in [1.82, 2.24) is 9.55 Å². The highest BCUT2D eigenvalue weighted by Crippen LogP contribution is 2.27. The Labute approximate surface area is 118 Å². The van der Waals surface area contributed by atoms with Crippen molar-refractivity contribution in [3.8, 4) is 5.69 Å². The highest BCUT2D eigenvalue weighted by atomic mass is 35.5. The molecule has 3 rings (SSSR count). The van der Waals surface area contributed by atoms with E-state index in [1.54, 1.807) is 19.1 Å². The molecule has 0 saturated carbocycles. The maximum Gasteiger partial charge on any atom is 0.206 e. The van der Waals surface area contributed by atoms with Gasteiger partial charge in [-0.25, -0.2) is 13.8 Å². The first-order valence-corrected chi connectivity index (χ1v) is 6.24. The van der Waals surface area contributed by atoms with E-state index in [-0.39, 0.29) is 22.5 Å². The zero-order chi connectivity index (χ0) is 14.4. The van der Waals surface area contributed by atoms with E-state index < -0.39 is 5.82 Å². The second kappa shape index (κ2) is 4.45. The summed E-state index contributed by atoms with van der Waals surface area (Å²) in [5.74, 6) is -0.810. The lowest BCUT2D eigenvalue weighted by Gasteiger charge is -2.08. The first-order chi connectivity index (χ1) is 9.47. The first-order valence-electron chi connectivity index (χ1n) is 5.87. The van der Waals surface area contributed by atoms with Gasteiger partial charge in [-0.05, 0) is 36.8 Å². The average molecular weight is 294 g/mol. The molecule has 20 heavy (non-hydrogen) atoms. The van der Waals surface area contributed by atoms with Crippen LogP contribution in [0.4, 0.5) is 14.7 Å². The maximum atomic E-state index is 14.0. The summed E-state index contributed by atoms with van der Waals surface area (Å²) in [7, 11) is 0. The Bertz CT molecular complexity index is 827. The second-order valence-corrected chi connectivity index (χ2v) is 4.93. The summed E-state index contributed by atoms with van der Waals surface area (Å²) >= 11 is 5.74. The molecule has 3 nitrogen and oxygen atoms in total. The molecule has 0 bridgehead atoms. The summed E-state index contributed by atoms with van der Waals surface area (Å²) in [5, 5.41) is 0.288. The minimum Gasteiger partial charge on any atom is -0.369 e. The van der Waals surface area contributed by atoms with Crippen LogP contribution in [0.5, 0.6) is 0 Å². The molecule has 0 radical (unpaired) electrons. The van der Waals surface area contributed by atoms with Gasteiger partial charge in [0, 0.05) is 11.1 Å². The van der Waals surface area contributed by atoms with Gasteiger partial charge in [-0.15, -0.1) is 0 Å². The molecule has 0 aliphatic carbocycles. The number of hydrogen-bond donors (Lipinski definition) is 1. The van der Waals surface area contributed by atoms with Crippen LogP contribution in [-0.4, -0.2) is 9.55 Å². The molecule has 0 amide bonds. The van der Waals surface area contributed by atoms with E-state index in [0.29, 0.717) is 16.6 Å². The van der Waals surface area contributed by atoms with Crippen LogP contribution < -0.4 is 5.73 Å². The van der Waals surface area contributed by atoms with E-state index in [4.69, 9.17) is 17.3 Å². The summed E-state index contributed by atoms with van der Waals surface area (Å²) in [6.07, 6.45) is 0. The summed E-state index contributed by atoms with van der Waals surface area (Å²) in [6.45, 7) is 1.63. The van der Waals surface area contributed by atoms with E-state index >= 15 is 0 Å². The number of anilines is 1. The molecule has 0 fully saturated rings. The summed E-state index contributed by atoms with van der Waals surface area (Å²) in [5.41, 5.74) is 7.40. The fourth-order valence-electron chi connectivity index (χ4n) is 2.14. The number of nitrogen functional groups attached to an aromatic ring is 1. The molecule has 0 atom stereocenters. The number of benzene rings is 2. The van der Waals surface area contributed by atoms with E-state index in [9.17, 15) is 8.78 Å². The number of fused-ring (bicyclic) bond motifs is 1. The van der Waals surface area contributed by atoms with Crippen molar-refractivity contribution >= 4 is 28.6 Å². The minimum atomic E-state index is -0.523. The Balaban J connectivity index is 2.35. The van der Waals surface area contributed by atoms with Gasteiger partial charge >= 0.3 is 0 Å². The van der Waals surface area contributed by atoms with Gasteiger partial charge in [0.1, 0.15) is 11.6 Å². The van der Waals surface area contributed by atoms with Crippen molar-refractivity contribution in [2.24, 2.45) is 0 Å². The van der Waals surface area contributed by atoms with Crippen molar-refractivity contribution < 1.29 is 8.78 Å². The second-order valence-electron chi connectivity index (χ2n) is 4.49. The topological polar surface area (TPSA) is 43.8 Å². The number of rotatable bonds is 1. The molecule has 0 aliphatic heterocycles. The Morgan fingerprint density at radius 3 is 2.60 bits per heavy atom. The number of hydrogen-bond acceptors (Lipinski definition) is 2. The van der Waals surface area contributed by atoms with Gasteiger partial charge in [0.05, 0.1) is 16.7 Å². The molecule has 0 spiro atoms. The lowest BCUT2D eigenvalue weighted by atomic mass is 10.2. The van der Waals surface area contributed by atoms with Crippen LogP contribution in [0.25, 0.3) is 16.7 Å². The Morgan fingerprint density at radius 1 is 1.15 bits per heavy atom. The zero-order valence-electron chi connectivity index (χ0n) is 10.5. The number of nitrogens with two attached hydrogens (primary N) is 1. The molecular weight excluding hydrogens is 284 g/mol. The molecular formula is C14H10ClF2N3. The third-order valence-corrected chi connectivity index (χ3v) is 3.35. The smallest absolute Gasteiger partial charge is 0.206 e. The number of nitrogens with zero attached hydrogens (tertiary/aromatic N) is 2. The number of halogens is 3. The molecule has 1 heterocycles. The van der Waals surface area contributed by atoms with Crippen molar-refractivity contribution in [3.63, 3.8) is 0 Å². The normalized spacial score (nSPS) is 11.2. The van der Waals surface area contributed by atoms with Gasteiger partial charge in [0.2, 0.25) is 5.95 Å². The van der Waals surface area contributed by atoms with Crippen LogP contribution in [0.3, 0.4) is 0 Å². The third-order valence-electron chi connectivity index (χ3n) is 3.11. The lowest BCUT2D eigenvalue weighted by molar-refractivity contribution is 0.619. The van der Waals surface area contributed by atoms with Crippen LogP contribution in [0.15, 0.2) is 30.3 Å². The fraction of sp³-hybridized carbons (Fsp3) is 0.0714. The maximum absolute atomic E-state index is 14.0. The van der Waals surface area contributed by atoms with Crippen molar-refractivity contribution in [2.75, 3.05) is 5.73 Å². The highest BCUT2D eigenvalue weighted by Gasteiger charge is 2.15. The van der Waals surface area contributed by atoms with Crippen LogP contribution in [0, 0.1) is 18.6 Å². The minimum absolute atomic E-state index is 0.0891. The van der Waals surface area contributed by atoms with Crippen molar-refractivity contribution in [3.05, 3.63) is 52.6 Å². The Morgan fingerprint density at radius 2 is 1.90 bits per heavy atom. The first kappa shape index (κ1) is 12.9. The van der Waals surface area contributed by atoms with Crippen LogP contribution in [0.2, 0.25) is 5.02 Å². The Kier molecular flexibility index (Phi) is 2.87. The quantitative estimate of drug-likeness (QED) is 0.740. The predicted octanol–water partition coefficient (Wildman–Crippen LogP) is 3.85. The lowest BCUT2D eigenvalue weighted by Crippen LogP contribution is -2.03. The molecule has 0 aliphatic rings. The highest BCUT2D eigenvalue weighted by molar-refractivity contribution is 6.30. The van der Waals surface area contributed by atoms with Gasteiger partial charge in [-0.2, -0.15) is 0 Å². The van der Waals surface area contributed by atoms with E-state index in [1.807, 2.05) is 0 Å². The number of aryl methyl sites for hydroxylation is 1. The summed E-state index contributed by atoms with van der Waals surface area (Å²) in [6, 6.07) is 7.13. The van der Waals surface area contributed by atoms with Gasteiger partial charge in [-0.3, -0.25) is 4.57 Å². The molecule has 2 N–H and O–H groups in total. The standard InChI is InChI=1S/C14H10ClF2N3/c1-7-4-13-11(6-9(7)16)19-14(18)20(13)12-3-2-8(15)5-10(12)17/h2-6H,1H3,(H2,18,19). The third kappa shape index (κ3) is 1.91. The number of aromatic nitrogens is 2. The fourth-order valence-corrected chi connectivity index (χ4v) is 2.30. The van der Waals surface area contributed by atoms with E-state index in [1.165, 1.54) is 22.8 Å². The van der Waals surface area contributed by atoms with E-state index in [0.717, 1.165) is 0 Å². The molecule has 1 aromatic heterocycles. The predicted molar refractivity (Wildman–Crippen MR) is 75.1 cm³/mol. The summed E-state index contributed by atoms with van der Waals surface area (Å²) in [4.78, 5) is 4.06. The van der Waals surface area contributed by atoms with Gasteiger partial charge in [-0.1, -0.05) is 11.6 Å². The molecule has 0 unspecified atom stereocenters. The summed E-state index contributed by atoms with van der Waals surface area (Å²) < 4.78 is 29.0. The van der Waals surface area contributed by atoms with Crippen molar-refractivity contribution in [2.45, 2.75) is 6.92 Å². The molecule has 6 heteroatoms. The number of imidazole rings is 1. The van der Waals surface area contributed by atoms with Gasteiger partial charge < -0.3 is 5.73 Å². The Hall–Kier alpha value is -2.14. The van der Waals surface area contributed by atoms with Crippen LogP contribution in [-0.2, 0) is 0 Å². The molecule has 0 saturated heterocycles. The average Bonchev–Trinajstić information content (AvgIpc) is 2.66. The van der Waals surface area contributed by atoms with Crippen molar-refractivity contribution in [1.29, 1.82) is 0 Å². The molecule has 102 valence electrons. The van der Waals surface area contributed by atoms with Gasteiger partial charge in [0.15, 0.2) is 0 Å². The zero-order valence-corrected chi connectivity index (χ0v) is 11.2.